The van der Waals surface area contributed by atoms with E-state index in [2.05, 4.69) is 21.6 Å². The number of ether oxygens (including phenoxy) is 1. The number of esters is 1. The Balaban J connectivity index is 2.68. The lowest BCUT2D eigenvalue weighted by molar-refractivity contribution is -0.137. The van der Waals surface area contributed by atoms with Crippen LogP contribution in [0.25, 0.3) is 0 Å². The van der Waals surface area contributed by atoms with E-state index in [4.69, 9.17) is 0 Å². The van der Waals surface area contributed by atoms with Crippen LogP contribution in [0.15, 0.2) is 16.0 Å². The van der Waals surface area contributed by atoms with Gasteiger partial charge in [-0.2, -0.15) is 0 Å². The number of aryl methyl sites for hydroxylation is 1. The number of carbonyl (C=O) groups is 1. The monoisotopic (exact) mass is 256 g/mol. The fourth-order valence-corrected chi connectivity index (χ4v) is 1.95. The maximum atomic E-state index is 11.4. The lowest BCUT2D eigenvalue weighted by Gasteiger charge is -2.02. The molecule has 17 heavy (non-hydrogen) atoms. The summed E-state index contributed by atoms with van der Waals surface area (Å²) < 4.78 is 4.52. The topological polar surface area (TPSA) is 72.0 Å². The molecule has 0 unspecified atom stereocenters. The number of nitrogens with zero attached hydrogens (tertiary/aromatic N) is 1. The Morgan fingerprint density at radius 1 is 1.59 bits per heavy atom. The molecule has 0 aliphatic rings. The van der Waals surface area contributed by atoms with Crippen molar-refractivity contribution in [2.75, 3.05) is 12.9 Å². The highest BCUT2D eigenvalue weighted by Gasteiger charge is 2.05. The second-order valence-electron chi connectivity index (χ2n) is 3.51. The first-order valence-electron chi connectivity index (χ1n) is 5.45. The number of rotatable bonds is 6. The van der Waals surface area contributed by atoms with Crippen LogP contribution in [0.4, 0.5) is 0 Å². The predicted molar refractivity (Wildman–Crippen MR) is 66.2 cm³/mol. The Hall–Kier alpha value is -1.30. The normalized spacial score (nSPS) is 10.2. The Bertz CT molecular complexity index is 431. The van der Waals surface area contributed by atoms with Gasteiger partial charge in [-0.05, 0) is 12.8 Å². The van der Waals surface area contributed by atoms with Gasteiger partial charge in [0.2, 0.25) is 0 Å². The number of nitrogens with one attached hydrogen (secondary N) is 1. The van der Waals surface area contributed by atoms with Crippen molar-refractivity contribution in [3.63, 3.8) is 0 Å². The van der Waals surface area contributed by atoms with Crippen LogP contribution in [-0.4, -0.2) is 28.8 Å². The first-order chi connectivity index (χ1) is 8.15. The molecule has 0 aliphatic carbocycles. The average Bonchev–Trinajstić information content (AvgIpc) is 2.32. The SMILES string of the molecule is CCCCc1cc(=O)[nH]c(SCC(=O)OC)n1. The fourth-order valence-electron chi connectivity index (χ4n) is 1.22. The van der Waals surface area contributed by atoms with Gasteiger partial charge >= 0.3 is 5.97 Å². The molecule has 0 amide bonds. The van der Waals surface area contributed by atoms with Gasteiger partial charge in [0.15, 0.2) is 5.16 Å². The van der Waals surface area contributed by atoms with Gasteiger partial charge in [0.1, 0.15) is 0 Å². The molecule has 0 spiro atoms. The maximum absolute atomic E-state index is 11.4. The summed E-state index contributed by atoms with van der Waals surface area (Å²) in [6.45, 7) is 2.08. The Labute approximate surface area is 104 Å². The van der Waals surface area contributed by atoms with Crippen LogP contribution in [0.1, 0.15) is 25.5 Å². The molecular weight excluding hydrogens is 240 g/mol. The molecule has 1 rings (SSSR count). The van der Waals surface area contributed by atoms with Crippen molar-refractivity contribution in [3.05, 3.63) is 22.1 Å². The lowest BCUT2D eigenvalue weighted by Crippen LogP contribution is -2.11. The first-order valence-corrected chi connectivity index (χ1v) is 6.44. The molecule has 0 saturated carbocycles. The third kappa shape index (κ3) is 5.04. The standard InChI is InChI=1S/C11H16N2O3S/c1-3-4-5-8-6-9(14)13-11(12-8)17-7-10(15)16-2/h6H,3-5,7H2,1-2H3,(H,12,13,14). The van der Waals surface area contributed by atoms with Crippen molar-refractivity contribution >= 4 is 17.7 Å². The smallest absolute Gasteiger partial charge is 0.316 e. The van der Waals surface area contributed by atoms with Gasteiger partial charge in [0, 0.05) is 11.8 Å². The molecule has 1 N–H and O–H groups in total. The Morgan fingerprint density at radius 3 is 3.00 bits per heavy atom. The molecule has 0 aromatic carbocycles. The van der Waals surface area contributed by atoms with E-state index >= 15 is 0 Å². The zero-order valence-corrected chi connectivity index (χ0v) is 10.8. The summed E-state index contributed by atoms with van der Waals surface area (Å²) in [6, 6.07) is 1.50. The van der Waals surface area contributed by atoms with Crippen LogP contribution in [0.3, 0.4) is 0 Å². The van der Waals surface area contributed by atoms with Crippen LogP contribution in [-0.2, 0) is 16.0 Å². The maximum Gasteiger partial charge on any atom is 0.316 e. The van der Waals surface area contributed by atoms with Gasteiger partial charge in [0.05, 0.1) is 12.9 Å². The number of hydrogen-bond acceptors (Lipinski definition) is 5. The van der Waals surface area contributed by atoms with Crippen LogP contribution in [0, 0.1) is 0 Å². The molecule has 1 aromatic rings. The number of unbranched alkanes of at least 4 members (excludes halogenated alkanes) is 1. The van der Waals surface area contributed by atoms with Gasteiger partial charge < -0.3 is 9.72 Å². The summed E-state index contributed by atoms with van der Waals surface area (Å²) in [5.74, 6) is -0.187. The number of methoxy groups -OCH3 is 1. The van der Waals surface area contributed by atoms with Crippen LogP contribution < -0.4 is 5.56 Å². The number of hydrogen-bond donors (Lipinski definition) is 1. The predicted octanol–water partition coefficient (Wildman–Crippen LogP) is 1.38. The van der Waals surface area contributed by atoms with E-state index in [9.17, 15) is 9.59 Å². The van der Waals surface area contributed by atoms with E-state index in [-0.39, 0.29) is 17.3 Å². The van der Waals surface area contributed by atoms with E-state index in [1.807, 2.05) is 0 Å². The average molecular weight is 256 g/mol. The summed E-state index contributed by atoms with van der Waals surface area (Å²) in [7, 11) is 1.33. The zero-order chi connectivity index (χ0) is 12.7. The highest BCUT2D eigenvalue weighted by atomic mass is 32.2. The van der Waals surface area contributed by atoms with Crippen molar-refractivity contribution in [3.8, 4) is 0 Å². The molecule has 0 bridgehead atoms. The van der Waals surface area contributed by atoms with E-state index in [1.54, 1.807) is 0 Å². The third-order valence-electron chi connectivity index (χ3n) is 2.11. The molecule has 6 heteroatoms. The van der Waals surface area contributed by atoms with Crippen LogP contribution >= 0.6 is 11.8 Å². The van der Waals surface area contributed by atoms with Crippen molar-refractivity contribution in [1.29, 1.82) is 0 Å². The second kappa shape index (κ2) is 7.11. The van der Waals surface area contributed by atoms with Crippen LogP contribution in [0.2, 0.25) is 0 Å². The second-order valence-corrected chi connectivity index (χ2v) is 4.47. The molecule has 0 radical (unpaired) electrons. The summed E-state index contributed by atoms with van der Waals surface area (Å²) in [5.41, 5.74) is 0.585. The molecule has 1 aromatic heterocycles. The number of aromatic nitrogens is 2. The highest BCUT2D eigenvalue weighted by Crippen LogP contribution is 2.12. The molecular formula is C11H16N2O3S. The minimum absolute atomic E-state index is 0.149. The van der Waals surface area contributed by atoms with Gasteiger partial charge in [-0.25, -0.2) is 4.98 Å². The van der Waals surface area contributed by atoms with E-state index in [0.717, 1.165) is 25.0 Å². The van der Waals surface area contributed by atoms with E-state index in [1.165, 1.54) is 24.9 Å². The number of carbonyl (C=O) groups excluding carboxylic acids is 1. The van der Waals surface area contributed by atoms with Crippen molar-refractivity contribution in [2.45, 2.75) is 31.3 Å². The summed E-state index contributed by atoms with van der Waals surface area (Å²) in [5, 5.41) is 0.467. The highest BCUT2D eigenvalue weighted by molar-refractivity contribution is 7.99. The minimum Gasteiger partial charge on any atom is -0.468 e. The lowest BCUT2D eigenvalue weighted by atomic mass is 10.2. The Kier molecular flexibility index (Phi) is 5.76. The molecule has 94 valence electrons. The summed E-state index contributed by atoms with van der Waals surface area (Å²) >= 11 is 1.17. The first kappa shape index (κ1) is 13.8. The van der Waals surface area contributed by atoms with Gasteiger partial charge in [-0.1, -0.05) is 25.1 Å². The van der Waals surface area contributed by atoms with Gasteiger partial charge in [-0.15, -0.1) is 0 Å². The Morgan fingerprint density at radius 2 is 2.35 bits per heavy atom. The summed E-state index contributed by atoms with van der Waals surface area (Å²) in [4.78, 5) is 29.2. The molecule has 0 atom stereocenters. The zero-order valence-electron chi connectivity index (χ0n) is 9.99. The largest absolute Gasteiger partial charge is 0.468 e. The van der Waals surface area contributed by atoms with Crippen molar-refractivity contribution in [1.82, 2.24) is 9.97 Å². The molecule has 0 aliphatic heterocycles. The van der Waals surface area contributed by atoms with E-state index < -0.39 is 0 Å². The molecule has 5 nitrogen and oxygen atoms in total. The third-order valence-corrected chi connectivity index (χ3v) is 2.96. The van der Waals surface area contributed by atoms with Gasteiger partial charge in [-0.3, -0.25) is 9.59 Å². The van der Waals surface area contributed by atoms with E-state index in [0.29, 0.717) is 5.16 Å². The molecule has 0 saturated heterocycles. The fraction of sp³-hybridized carbons (Fsp3) is 0.545. The summed E-state index contributed by atoms with van der Waals surface area (Å²) in [6.07, 6.45) is 2.84. The van der Waals surface area contributed by atoms with Gasteiger partial charge in [0.25, 0.3) is 5.56 Å². The van der Waals surface area contributed by atoms with Crippen molar-refractivity contribution < 1.29 is 9.53 Å². The quantitative estimate of drug-likeness (QED) is 0.473. The number of aromatic amines is 1. The molecule has 0 fully saturated rings. The molecule has 1 heterocycles. The van der Waals surface area contributed by atoms with Crippen LogP contribution in [0.5, 0.6) is 0 Å². The van der Waals surface area contributed by atoms with Crippen molar-refractivity contribution in [2.24, 2.45) is 0 Å². The number of thioether (sulfide) groups is 1. The number of H-pyrrole nitrogens is 1. The minimum atomic E-state index is -0.336.